The Morgan fingerprint density at radius 3 is 2.39 bits per heavy atom. The Morgan fingerprint density at radius 2 is 1.89 bits per heavy atom. The Bertz CT molecular complexity index is 387. The Morgan fingerprint density at radius 1 is 1.28 bits per heavy atom. The fourth-order valence-corrected chi connectivity index (χ4v) is 3.42. The molecule has 1 aromatic heterocycles. The van der Waals surface area contributed by atoms with Gasteiger partial charge in [0, 0.05) is 12.0 Å². The third kappa shape index (κ3) is 4.97. The highest BCUT2D eigenvalue weighted by molar-refractivity contribution is 7.53. The van der Waals surface area contributed by atoms with Crippen LogP contribution >= 0.6 is 7.60 Å². The third-order valence-corrected chi connectivity index (χ3v) is 4.40. The van der Waals surface area contributed by atoms with Crippen molar-refractivity contribution in [1.82, 2.24) is 0 Å². The van der Waals surface area contributed by atoms with Crippen LogP contribution in [0.5, 0.6) is 0 Å². The zero-order valence-corrected chi connectivity index (χ0v) is 12.5. The first-order chi connectivity index (χ1) is 8.49. The minimum absolute atomic E-state index is 0.274. The number of furan rings is 1. The smallest absolute Gasteiger partial charge is 0.335 e. The molecule has 1 aromatic rings. The fraction of sp³-hybridized carbons (Fsp3) is 0.692. The molecule has 5 heteroatoms. The van der Waals surface area contributed by atoms with E-state index >= 15 is 0 Å². The maximum atomic E-state index is 12.3. The molecule has 0 N–H and O–H groups in total. The van der Waals surface area contributed by atoms with Gasteiger partial charge in [-0.15, -0.1) is 0 Å². The molecule has 0 bridgehead atoms. The van der Waals surface area contributed by atoms with Crippen LogP contribution in [-0.4, -0.2) is 13.2 Å². The van der Waals surface area contributed by atoms with E-state index in [0.717, 1.165) is 17.7 Å². The van der Waals surface area contributed by atoms with Crippen LogP contribution in [0.25, 0.3) is 0 Å². The van der Waals surface area contributed by atoms with Gasteiger partial charge in [0.2, 0.25) is 0 Å². The van der Waals surface area contributed by atoms with Gasteiger partial charge in [-0.05, 0) is 25.8 Å². The standard InChI is InChI=1S/C13H23O4P/c1-5-16-18(14,17-6-2)10-12-8-13(15-9-12)7-11(3)4/h8-9,11H,5-7,10H2,1-4H3. The quantitative estimate of drug-likeness (QED) is 0.665. The van der Waals surface area contributed by atoms with Gasteiger partial charge >= 0.3 is 7.60 Å². The summed E-state index contributed by atoms with van der Waals surface area (Å²) in [6, 6.07) is 1.94. The second-order valence-corrected chi connectivity index (χ2v) is 6.68. The fourth-order valence-electron chi connectivity index (χ4n) is 1.76. The topological polar surface area (TPSA) is 48.7 Å². The van der Waals surface area contributed by atoms with E-state index in [4.69, 9.17) is 13.5 Å². The SMILES string of the molecule is CCOP(=O)(Cc1coc(CC(C)C)c1)OCC. The van der Waals surface area contributed by atoms with Gasteiger partial charge in [0.15, 0.2) is 0 Å². The largest absolute Gasteiger partial charge is 0.469 e. The van der Waals surface area contributed by atoms with Crippen LogP contribution in [0.3, 0.4) is 0 Å². The first kappa shape index (κ1) is 15.5. The lowest BCUT2D eigenvalue weighted by molar-refractivity contribution is 0.219. The van der Waals surface area contributed by atoms with E-state index in [1.807, 2.05) is 19.9 Å². The van der Waals surface area contributed by atoms with Crippen molar-refractivity contribution >= 4 is 7.60 Å². The zero-order valence-electron chi connectivity index (χ0n) is 11.6. The third-order valence-electron chi connectivity index (χ3n) is 2.35. The van der Waals surface area contributed by atoms with Gasteiger partial charge in [0.05, 0.1) is 25.6 Å². The lowest BCUT2D eigenvalue weighted by Crippen LogP contribution is -1.98. The molecule has 4 nitrogen and oxygen atoms in total. The van der Waals surface area contributed by atoms with Crippen molar-refractivity contribution in [2.24, 2.45) is 5.92 Å². The lowest BCUT2D eigenvalue weighted by Gasteiger charge is -2.15. The van der Waals surface area contributed by atoms with Gasteiger partial charge in [-0.3, -0.25) is 4.57 Å². The average Bonchev–Trinajstić information content (AvgIpc) is 2.64. The summed E-state index contributed by atoms with van der Waals surface area (Å²) in [4.78, 5) is 0. The Hall–Kier alpha value is -0.570. The van der Waals surface area contributed by atoms with Crippen molar-refractivity contribution < 1.29 is 18.0 Å². The van der Waals surface area contributed by atoms with Crippen molar-refractivity contribution in [1.29, 1.82) is 0 Å². The summed E-state index contributed by atoms with van der Waals surface area (Å²) in [5, 5.41) is 0. The van der Waals surface area contributed by atoms with E-state index in [2.05, 4.69) is 13.8 Å². The molecule has 1 heterocycles. The maximum absolute atomic E-state index is 12.3. The molecule has 0 saturated heterocycles. The van der Waals surface area contributed by atoms with Crippen LogP contribution in [0, 0.1) is 5.92 Å². The van der Waals surface area contributed by atoms with Crippen LogP contribution < -0.4 is 0 Å². The summed E-state index contributed by atoms with van der Waals surface area (Å²) in [5.74, 6) is 1.45. The molecule has 0 unspecified atom stereocenters. The molecular weight excluding hydrogens is 251 g/mol. The second-order valence-electron chi connectivity index (χ2n) is 4.62. The molecule has 0 fully saturated rings. The first-order valence-electron chi connectivity index (χ1n) is 6.43. The van der Waals surface area contributed by atoms with Crippen molar-refractivity contribution in [3.8, 4) is 0 Å². The van der Waals surface area contributed by atoms with Gasteiger partial charge in [-0.25, -0.2) is 0 Å². The molecule has 0 aliphatic heterocycles. The summed E-state index contributed by atoms with van der Waals surface area (Å²) in [5.41, 5.74) is 0.871. The highest BCUT2D eigenvalue weighted by Gasteiger charge is 2.25. The van der Waals surface area contributed by atoms with Crippen LogP contribution in [-0.2, 0) is 26.2 Å². The van der Waals surface area contributed by atoms with Crippen molar-refractivity contribution in [3.63, 3.8) is 0 Å². The number of hydrogen-bond acceptors (Lipinski definition) is 4. The maximum Gasteiger partial charge on any atom is 0.335 e. The summed E-state index contributed by atoms with van der Waals surface area (Å²) in [6.07, 6.45) is 2.80. The Balaban J connectivity index is 2.69. The van der Waals surface area contributed by atoms with Gasteiger partial charge in [0.1, 0.15) is 5.76 Å². The molecule has 104 valence electrons. The Kier molecular flexibility index (Phi) is 6.13. The molecule has 0 atom stereocenters. The van der Waals surface area contributed by atoms with Gasteiger partial charge < -0.3 is 13.5 Å². The summed E-state index contributed by atoms with van der Waals surface area (Å²) in [6.45, 7) is 8.65. The second kappa shape index (κ2) is 7.13. The molecule has 1 rings (SSSR count). The van der Waals surface area contributed by atoms with Crippen LogP contribution in [0.4, 0.5) is 0 Å². The predicted octanol–water partition coefficient (Wildman–Crippen LogP) is 4.24. The van der Waals surface area contributed by atoms with Crippen LogP contribution in [0.15, 0.2) is 16.7 Å². The lowest BCUT2D eigenvalue weighted by atomic mass is 10.1. The molecule has 0 aliphatic rings. The molecule has 18 heavy (non-hydrogen) atoms. The van der Waals surface area contributed by atoms with Crippen molar-refractivity contribution in [2.75, 3.05) is 13.2 Å². The molecule has 0 aromatic carbocycles. The van der Waals surface area contributed by atoms with E-state index < -0.39 is 7.60 Å². The highest BCUT2D eigenvalue weighted by Crippen LogP contribution is 2.51. The number of hydrogen-bond donors (Lipinski definition) is 0. The normalized spacial score (nSPS) is 12.3. The van der Waals surface area contributed by atoms with Crippen LogP contribution in [0.2, 0.25) is 0 Å². The summed E-state index contributed by atoms with van der Waals surface area (Å²) in [7, 11) is -3.02. The van der Waals surface area contributed by atoms with E-state index in [0.29, 0.717) is 19.1 Å². The monoisotopic (exact) mass is 274 g/mol. The van der Waals surface area contributed by atoms with Crippen LogP contribution in [0.1, 0.15) is 39.0 Å². The molecular formula is C13H23O4P. The molecule has 0 aliphatic carbocycles. The van der Waals surface area contributed by atoms with E-state index in [9.17, 15) is 4.57 Å². The molecule has 0 spiro atoms. The Labute approximate surface area is 109 Å². The zero-order chi connectivity index (χ0) is 13.6. The van der Waals surface area contributed by atoms with E-state index in [-0.39, 0.29) is 6.16 Å². The number of rotatable bonds is 8. The van der Waals surface area contributed by atoms with E-state index in [1.54, 1.807) is 6.26 Å². The first-order valence-corrected chi connectivity index (χ1v) is 8.16. The molecule has 0 radical (unpaired) electrons. The van der Waals surface area contributed by atoms with Gasteiger partial charge in [0.25, 0.3) is 0 Å². The summed E-state index contributed by atoms with van der Waals surface area (Å²) >= 11 is 0. The van der Waals surface area contributed by atoms with Crippen molar-refractivity contribution in [3.05, 3.63) is 23.7 Å². The van der Waals surface area contributed by atoms with Gasteiger partial charge in [-0.2, -0.15) is 0 Å². The predicted molar refractivity (Wildman–Crippen MR) is 71.8 cm³/mol. The van der Waals surface area contributed by atoms with Gasteiger partial charge in [-0.1, -0.05) is 13.8 Å². The molecule has 0 saturated carbocycles. The molecule has 0 amide bonds. The minimum Gasteiger partial charge on any atom is -0.469 e. The minimum atomic E-state index is -3.02. The van der Waals surface area contributed by atoms with E-state index in [1.165, 1.54) is 0 Å². The summed E-state index contributed by atoms with van der Waals surface area (Å²) < 4.78 is 28.3. The average molecular weight is 274 g/mol. The highest BCUT2D eigenvalue weighted by atomic mass is 31.2. The van der Waals surface area contributed by atoms with Crippen molar-refractivity contribution in [2.45, 2.75) is 40.3 Å².